The molecule has 1 aliphatic heterocycles. The number of aromatic nitrogens is 2. The fourth-order valence-electron chi connectivity index (χ4n) is 3.65. The minimum atomic E-state index is 0.427. The fraction of sp³-hybridized carbons (Fsp3) is 0.407. The van der Waals surface area contributed by atoms with E-state index in [-0.39, 0.29) is 0 Å². The summed E-state index contributed by atoms with van der Waals surface area (Å²) in [4.78, 5) is 11.3. The lowest BCUT2D eigenvalue weighted by molar-refractivity contribution is 0.138. The van der Waals surface area contributed by atoms with Gasteiger partial charge >= 0.3 is 0 Å². The Morgan fingerprint density at radius 2 is 1.91 bits per heavy atom. The normalized spacial score (nSPS) is 15.2. The summed E-state index contributed by atoms with van der Waals surface area (Å²) in [6.45, 7) is 6.65. The summed E-state index contributed by atoms with van der Waals surface area (Å²) in [5.74, 6) is 1.98. The number of nitrogens with one attached hydrogen (secondary N) is 1. The monoisotopic (exact) mass is 478 g/mol. The molecule has 0 saturated carbocycles. The number of nitrogens with zero attached hydrogens (tertiary/aromatic N) is 3. The van der Waals surface area contributed by atoms with Crippen LogP contribution in [0.15, 0.2) is 59.4 Å². The molecule has 1 aromatic carbocycles. The molecule has 0 unspecified atom stereocenters. The standard InChI is InChI=1S/C27H34N4O4/c1-3-4-11-31(2)12-15-34-25-8-7-23-17-22(25)20-33-14-6-5-13-32-18-21-16-26(35-19-21)24-9-10-28-27(29-23)30-24/h5-10,16-17,19H,3-4,11-15,18,20H2,1-2H3,(H,28,29,30)/b6-5+. The Bertz CT molecular complexity index is 1100. The highest BCUT2D eigenvalue weighted by molar-refractivity contribution is 5.60. The van der Waals surface area contributed by atoms with Crippen LogP contribution in [0, 0.1) is 0 Å². The molecule has 0 spiro atoms. The Balaban J connectivity index is 1.51. The predicted octanol–water partition coefficient (Wildman–Crippen LogP) is 5.19. The van der Waals surface area contributed by atoms with Crippen LogP contribution in [0.5, 0.6) is 5.75 Å². The van der Waals surface area contributed by atoms with Crippen LogP contribution >= 0.6 is 0 Å². The number of likely N-dealkylation sites (N-methyl/N-ethyl adjacent to an activating group) is 1. The first-order valence-corrected chi connectivity index (χ1v) is 12.1. The van der Waals surface area contributed by atoms with Crippen LogP contribution in [0.4, 0.5) is 11.6 Å². The summed E-state index contributed by atoms with van der Waals surface area (Å²) in [5, 5.41) is 3.29. The summed E-state index contributed by atoms with van der Waals surface area (Å²) in [6.07, 6.45) is 9.72. The van der Waals surface area contributed by atoms with Gasteiger partial charge in [-0.25, -0.2) is 9.97 Å². The summed E-state index contributed by atoms with van der Waals surface area (Å²) < 4.78 is 23.4. The van der Waals surface area contributed by atoms with Crippen molar-refractivity contribution < 1.29 is 18.6 Å². The van der Waals surface area contributed by atoms with Crippen LogP contribution in [0.3, 0.4) is 0 Å². The van der Waals surface area contributed by atoms with Gasteiger partial charge in [0.2, 0.25) is 5.95 Å². The van der Waals surface area contributed by atoms with Crippen molar-refractivity contribution in [2.24, 2.45) is 0 Å². The summed E-state index contributed by atoms with van der Waals surface area (Å²) in [5.41, 5.74) is 3.48. The molecule has 3 aromatic rings. The van der Waals surface area contributed by atoms with Crippen molar-refractivity contribution in [3.05, 3.63) is 66.1 Å². The zero-order chi connectivity index (χ0) is 24.3. The van der Waals surface area contributed by atoms with E-state index in [1.54, 1.807) is 12.5 Å². The van der Waals surface area contributed by atoms with E-state index in [4.69, 9.17) is 18.6 Å². The van der Waals surface area contributed by atoms with Gasteiger partial charge in [0.1, 0.15) is 18.1 Å². The molecule has 186 valence electrons. The first-order valence-electron chi connectivity index (χ1n) is 12.1. The largest absolute Gasteiger partial charge is 0.492 e. The molecule has 0 radical (unpaired) electrons. The second-order valence-electron chi connectivity index (χ2n) is 8.54. The van der Waals surface area contributed by atoms with Gasteiger partial charge in [-0.05, 0) is 50.3 Å². The van der Waals surface area contributed by atoms with Crippen molar-refractivity contribution in [1.29, 1.82) is 0 Å². The van der Waals surface area contributed by atoms with Gasteiger partial charge < -0.3 is 28.8 Å². The van der Waals surface area contributed by atoms with Crippen LogP contribution in [0.1, 0.15) is 30.9 Å². The zero-order valence-electron chi connectivity index (χ0n) is 20.5. The smallest absolute Gasteiger partial charge is 0.227 e. The SMILES string of the molecule is CCCCN(C)CCOc1ccc2cc1COC/C=C/COCc1coc(c1)-c1ccnc(n1)N2. The maximum atomic E-state index is 6.13. The highest BCUT2D eigenvalue weighted by Gasteiger charge is 2.11. The van der Waals surface area contributed by atoms with Gasteiger partial charge in [0, 0.05) is 29.6 Å². The van der Waals surface area contributed by atoms with Gasteiger partial charge in [-0.2, -0.15) is 0 Å². The Morgan fingerprint density at radius 1 is 1.06 bits per heavy atom. The number of anilines is 2. The average Bonchev–Trinajstić information content (AvgIpc) is 3.34. The third kappa shape index (κ3) is 7.65. The summed E-state index contributed by atoms with van der Waals surface area (Å²) in [7, 11) is 2.13. The lowest BCUT2D eigenvalue weighted by atomic mass is 10.2. The van der Waals surface area contributed by atoms with E-state index in [1.165, 1.54) is 12.8 Å². The molecule has 0 aliphatic carbocycles. The molecular weight excluding hydrogens is 444 g/mol. The quantitative estimate of drug-likeness (QED) is 0.465. The van der Waals surface area contributed by atoms with E-state index in [9.17, 15) is 0 Å². The molecule has 0 amide bonds. The summed E-state index contributed by atoms with van der Waals surface area (Å²) >= 11 is 0. The Kier molecular flexibility index (Phi) is 9.28. The highest BCUT2D eigenvalue weighted by Crippen LogP contribution is 2.27. The number of unbranched alkanes of at least 4 members (excludes halogenated alkanes) is 1. The van der Waals surface area contributed by atoms with Gasteiger partial charge in [0.05, 0.1) is 32.7 Å². The molecule has 8 nitrogen and oxygen atoms in total. The third-order valence-corrected chi connectivity index (χ3v) is 5.62. The molecule has 1 N–H and O–H groups in total. The maximum Gasteiger partial charge on any atom is 0.227 e. The lowest BCUT2D eigenvalue weighted by Gasteiger charge is -2.18. The van der Waals surface area contributed by atoms with E-state index in [0.717, 1.165) is 35.7 Å². The van der Waals surface area contributed by atoms with E-state index in [0.29, 0.717) is 50.4 Å². The molecule has 4 rings (SSSR count). The van der Waals surface area contributed by atoms with Crippen molar-refractivity contribution in [2.45, 2.75) is 33.0 Å². The second-order valence-corrected chi connectivity index (χ2v) is 8.54. The Hall–Kier alpha value is -3.20. The van der Waals surface area contributed by atoms with Crippen molar-refractivity contribution >= 4 is 11.6 Å². The minimum absolute atomic E-state index is 0.427. The van der Waals surface area contributed by atoms with Crippen molar-refractivity contribution in [3.8, 4) is 17.2 Å². The fourth-order valence-corrected chi connectivity index (χ4v) is 3.65. The molecule has 35 heavy (non-hydrogen) atoms. The first-order chi connectivity index (χ1) is 17.2. The minimum Gasteiger partial charge on any atom is -0.492 e. The van der Waals surface area contributed by atoms with E-state index >= 15 is 0 Å². The number of hydrogen-bond donors (Lipinski definition) is 1. The molecule has 0 atom stereocenters. The van der Waals surface area contributed by atoms with Crippen LogP contribution in [-0.4, -0.2) is 54.8 Å². The number of benzene rings is 1. The number of hydrogen-bond acceptors (Lipinski definition) is 8. The van der Waals surface area contributed by atoms with Crippen LogP contribution in [0.2, 0.25) is 0 Å². The van der Waals surface area contributed by atoms with Crippen LogP contribution < -0.4 is 10.1 Å². The molecule has 0 fully saturated rings. The topological polar surface area (TPSA) is 81.9 Å². The predicted molar refractivity (Wildman–Crippen MR) is 136 cm³/mol. The molecule has 2 aromatic heterocycles. The molecule has 3 heterocycles. The number of rotatable bonds is 7. The summed E-state index contributed by atoms with van der Waals surface area (Å²) in [6, 6.07) is 9.72. The third-order valence-electron chi connectivity index (χ3n) is 5.62. The van der Waals surface area contributed by atoms with E-state index in [2.05, 4.69) is 34.2 Å². The first kappa shape index (κ1) is 24.9. The van der Waals surface area contributed by atoms with E-state index in [1.807, 2.05) is 42.5 Å². The zero-order valence-corrected chi connectivity index (χ0v) is 20.5. The van der Waals surface area contributed by atoms with E-state index < -0.39 is 0 Å². The highest BCUT2D eigenvalue weighted by atomic mass is 16.5. The van der Waals surface area contributed by atoms with Crippen LogP contribution in [0.25, 0.3) is 11.5 Å². The van der Waals surface area contributed by atoms with Crippen molar-refractivity contribution in [3.63, 3.8) is 0 Å². The van der Waals surface area contributed by atoms with Crippen molar-refractivity contribution in [2.75, 3.05) is 45.3 Å². The lowest BCUT2D eigenvalue weighted by Crippen LogP contribution is -2.25. The van der Waals surface area contributed by atoms with Gasteiger partial charge in [0.15, 0.2) is 5.76 Å². The number of ether oxygens (including phenoxy) is 3. The van der Waals surface area contributed by atoms with Gasteiger partial charge in [-0.3, -0.25) is 0 Å². The number of fused-ring (bicyclic) bond motifs is 7. The Labute approximate surface area is 206 Å². The van der Waals surface area contributed by atoms with Gasteiger partial charge in [0.25, 0.3) is 0 Å². The Morgan fingerprint density at radius 3 is 2.77 bits per heavy atom. The van der Waals surface area contributed by atoms with Gasteiger partial charge in [-0.1, -0.05) is 25.5 Å². The molecule has 8 heteroatoms. The second kappa shape index (κ2) is 13.0. The maximum absolute atomic E-state index is 6.13. The van der Waals surface area contributed by atoms with Crippen molar-refractivity contribution in [1.82, 2.24) is 14.9 Å². The van der Waals surface area contributed by atoms with Crippen LogP contribution in [-0.2, 0) is 22.7 Å². The molecular formula is C27H34N4O4. The number of furan rings is 1. The van der Waals surface area contributed by atoms with Gasteiger partial charge in [-0.15, -0.1) is 0 Å². The average molecular weight is 479 g/mol. The molecule has 6 bridgehead atoms. The molecule has 1 aliphatic rings. The molecule has 0 saturated heterocycles.